The van der Waals surface area contributed by atoms with Crippen LogP contribution in [-0.4, -0.2) is 34.7 Å². The number of aromatic amines is 1. The van der Waals surface area contributed by atoms with Crippen LogP contribution in [0.2, 0.25) is 0 Å². The number of nitrogens with one attached hydrogen (secondary N) is 3. The first-order valence-electron chi connectivity index (χ1n) is 12.5. The van der Waals surface area contributed by atoms with Crippen molar-refractivity contribution in [3.63, 3.8) is 0 Å². The van der Waals surface area contributed by atoms with E-state index >= 15 is 0 Å². The van der Waals surface area contributed by atoms with Gasteiger partial charge in [0.2, 0.25) is 5.91 Å². The van der Waals surface area contributed by atoms with Gasteiger partial charge in [-0.3, -0.25) is 9.59 Å². The van der Waals surface area contributed by atoms with E-state index in [1.54, 1.807) is 12.5 Å². The maximum atomic E-state index is 13.7. The number of aromatic nitrogens is 2. The molecule has 2 heterocycles. The minimum atomic E-state index is -0.362. The number of aryl methyl sites for hydroxylation is 1. The summed E-state index contributed by atoms with van der Waals surface area (Å²) in [5.74, 6) is 0.0471. The second-order valence-electron chi connectivity index (χ2n) is 10.6. The molecule has 1 aromatic heterocycles. The second kappa shape index (κ2) is 9.64. The van der Waals surface area contributed by atoms with Gasteiger partial charge in [-0.1, -0.05) is 55.8 Å². The Kier molecular flexibility index (Phi) is 6.39. The van der Waals surface area contributed by atoms with E-state index in [0.717, 1.165) is 45.9 Å². The second-order valence-corrected chi connectivity index (χ2v) is 10.6. The molecule has 0 radical (unpaired) electrons. The number of para-hydroxylation sites is 2. The first kappa shape index (κ1) is 23.9. The molecular weight excluding hydrogens is 450 g/mol. The zero-order valence-electron chi connectivity index (χ0n) is 21.1. The number of carbonyl (C=O) groups excluding carboxylic acids is 2. The lowest BCUT2D eigenvalue weighted by molar-refractivity contribution is -0.120. The molecule has 0 bridgehead atoms. The van der Waals surface area contributed by atoms with Crippen LogP contribution >= 0.6 is 0 Å². The number of rotatable bonds is 6. The van der Waals surface area contributed by atoms with Crippen LogP contribution < -0.4 is 15.5 Å². The zero-order chi connectivity index (χ0) is 25.3. The van der Waals surface area contributed by atoms with Crippen LogP contribution in [0, 0.1) is 12.3 Å². The van der Waals surface area contributed by atoms with E-state index in [1.165, 1.54) is 0 Å². The molecule has 1 amide bonds. The molecule has 0 saturated carbocycles. The lowest BCUT2D eigenvalue weighted by Gasteiger charge is -2.38. The summed E-state index contributed by atoms with van der Waals surface area (Å²) in [6.45, 7) is 6.97. The van der Waals surface area contributed by atoms with Crippen molar-refractivity contribution in [1.82, 2.24) is 15.3 Å². The Morgan fingerprint density at radius 3 is 2.67 bits per heavy atom. The van der Waals surface area contributed by atoms with Crippen LogP contribution in [0.15, 0.2) is 72.3 Å². The number of fused-ring (bicyclic) bond motifs is 1. The summed E-state index contributed by atoms with van der Waals surface area (Å²) in [6.07, 6.45) is 5.33. The molecule has 36 heavy (non-hydrogen) atoms. The van der Waals surface area contributed by atoms with Gasteiger partial charge in [0.15, 0.2) is 5.78 Å². The molecule has 2 aliphatic rings. The standard InChI is InChI=1S/C29H33N5O2/c1-19-8-10-20(11-9-19)28-27-23(14-29(2,3)15-25(27)35)33-22-6-4-5-7-24(22)34(28)17-26(36)31-13-12-21-16-30-18-32-21/h4-11,16,18,28,33H,12-15,17H2,1-3H3,(H,30,32)(H,31,36)/t28-/m1/s1. The number of H-pyrrole nitrogens is 1. The Morgan fingerprint density at radius 1 is 1.14 bits per heavy atom. The van der Waals surface area contributed by atoms with Crippen LogP contribution in [0.25, 0.3) is 0 Å². The molecule has 1 atom stereocenters. The van der Waals surface area contributed by atoms with Crippen LogP contribution in [0.4, 0.5) is 11.4 Å². The van der Waals surface area contributed by atoms with Crippen molar-refractivity contribution in [2.24, 2.45) is 5.41 Å². The molecule has 0 unspecified atom stereocenters. The zero-order valence-corrected chi connectivity index (χ0v) is 21.1. The van der Waals surface area contributed by atoms with Crippen molar-refractivity contribution in [3.8, 4) is 0 Å². The number of benzene rings is 2. The molecule has 3 N–H and O–H groups in total. The molecule has 2 aromatic carbocycles. The smallest absolute Gasteiger partial charge is 0.239 e. The van der Waals surface area contributed by atoms with Gasteiger partial charge in [0.25, 0.3) is 0 Å². The summed E-state index contributed by atoms with van der Waals surface area (Å²) in [4.78, 5) is 36.1. The maximum absolute atomic E-state index is 13.7. The maximum Gasteiger partial charge on any atom is 0.239 e. The molecule has 3 aromatic rings. The van der Waals surface area contributed by atoms with Crippen molar-refractivity contribution in [2.75, 3.05) is 23.3 Å². The third-order valence-electron chi connectivity index (χ3n) is 6.98. The topological polar surface area (TPSA) is 90.1 Å². The largest absolute Gasteiger partial charge is 0.357 e. The predicted molar refractivity (Wildman–Crippen MR) is 142 cm³/mol. The highest BCUT2D eigenvalue weighted by molar-refractivity contribution is 6.01. The van der Waals surface area contributed by atoms with Gasteiger partial charge in [-0.25, -0.2) is 4.98 Å². The molecule has 7 nitrogen and oxygen atoms in total. The number of Topliss-reactive ketones (excluding diaryl/α,β-unsaturated/α-hetero) is 1. The number of imidazole rings is 1. The first-order chi connectivity index (χ1) is 17.3. The summed E-state index contributed by atoms with van der Waals surface area (Å²) in [6, 6.07) is 15.9. The van der Waals surface area contributed by atoms with E-state index in [4.69, 9.17) is 0 Å². The summed E-state index contributed by atoms with van der Waals surface area (Å²) >= 11 is 0. The Hall–Kier alpha value is -3.87. The normalized spacial score (nSPS) is 18.7. The minimum Gasteiger partial charge on any atom is -0.357 e. The van der Waals surface area contributed by atoms with Crippen molar-refractivity contribution in [2.45, 2.75) is 46.1 Å². The van der Waals surface area contributed by atoms with E-state index < -0.39 is 0 Å². The van der Waals surface area contributed by atoms with Gasteiger partial charge in [-0.15, -0.1) is 0 Å². The summed E-state index contributed by atoms with van der Waals surface area (Å²) < 4.78 is 0. The van der Waals surface area contributed by atoms with Crippen LogP contribution in [0.1, 0.15) is 49.6 Å². The molecule has 7 heteroatoms. The highest BCUT2D eigenvalue weighted by Crippen LogP contribution is 2.48. The van der Waals surface area contributed by atoms with Gasteiger partial charge in [0, 0.05) is 42.5 Å². The number of allylic oxidation sites excluding steroid dienone is 1. The van der Waals surface area contributed by atoms with E-state index in [2.05, 4.69) is 70.5 Å². The van der Waals surface area contributed by atoms with Crippen molar-refractivity contribution in [1.29, 1.82) is 0 Å². The number of amides is 1. The Morgan fingerprint density at radius 2 is 1.92 bits per heavy atom. The SMILES string of the molecule is Cc1ccc([C@@H]2C3=C(CC(C)(C)CC3=O)Nc3ccccc3N2CC(=O)NCCc2cnc[nH]2)cc1. The van der Waals surface area contributed by atoms with Crippen LogP contribution in [0.3, 0.4) is 0 Å². The first-order valence-corrected chi connectivity index (χ1v) is 12.5. The number of carbonyl (C=O) groups is 2. The molecule has 186 valence electrons. The van der Waals surface area contributed by atoms with Gasteiger partial charge in [0.1, 0.15) is 0 Å². The number of hydrogen-bond donors (Lipinski definition) is 3. The van der Waals surface area contributed by atoms with Gasteiger partial charge in [-0.05, 0) is 36.5 Å². The minimum absolute atomic E-state index is 0.0888. The lowest BCUT2D eigenvalue weighted by Crippen LogP contribution is -2.42. The van der Waals surface area contributed by atoms with E-state index in [0.29, 0.717) is 19.4 Å². The highest BCUT2D eigenvalue weighted by Gasteiger charge is 2.41. The highest BCUT2D eigenvalue weighted by atomic mass is 16.2. The van der Waals surface area contributed by atoms with Gasteiger partial charge >= 0.3 is 0 Å². The number of hydrogen-bond acceptors (Lipinski definition) is 5. The molecule has 1 aliphatic heterocycles. The summed E-state index contributed by atoms with van der Waals surface area (Å²) in [7, 11) is 0. The van der Waals surface area contributed by atoms with Crippen molar-refractivity contribution in [3.05, 3.63) is 89.1 Å². The van der Waals surface area contributed by atoms with Crippen LogP contribution in [-0.2, 0) is 16.0 Å². The summed E-state index contributed by atoms with van der Waals surface area (Å²) in [5.41, 5.74) is 6.54. The van der Waals surface area contributed by atoms with E-state index in [-0.39, 0.29) is 29.7 Å². The number of ketones is 1. The molecule has 5 rings (SSSR count). The van der Waals surface area contributed by atoms with E-state index in [9.17, 15) is 9.59 Å². The van der Waals surface area contributed by atoms with Gasteiger partial charge < -0.3 is 20.5 Å². The Labute approximate surface area is 212 Å². The summed E-state index contributed by atoms with van der Waals surface area (Å²) in [5, 5.41) is 6.65. The molecule has 0 fully saturated rings. The van der Waals surface area contributed by atoms with Gasteiger partial charge in [-0.2, -0.15) is 0 Å². The molecule has 1 aliphatic carbocycles. The molecule has 0 saturated heterocycles. The third-order valence-corrected chi connectivity index (χ3v) is 6.98. The third kappa shape index (κ3) is 4.91. The van der Waals surface area contributed by atoms with Gasteiger partial charge in [0.05, 0.1) is 30.3 Å². The van der Waals surface area contributed by atoms with Crippen molar-refractivity contribution < 1.29 is 9.59 Å². The van der Waals surface area contributed by atoms with Crippen LogP contribution in [0.5, 0.6) is 0 Å². The van der Waals surface area contributed by atoms with E-state index in [1.807, 2.05) is 24.3 Å². The molecular formula is C29H33N5O2. The average Bonchev–Trinajstić information content (AvgIpc) is 3.30. The number of anilines is 2. The quantitative estimate of drug-likeness (QED) is 0.473. The Balaban J connectivity index is 1.54. The Bertz CT molecular complexity index is 1290. The fourth-order valence-electron chi connectivity index (χ4n) is 5.29. The lowest BCUT2D eigenvalue weighted by atomic mass is 9.73. The average molecular weight is 484 g/mol. The van der Waals surface area contributed by atoms with Crippen molar-refractivity contribution >= 4 is 23.1 Å². The fraction of sp³-hybridized carbons (Fsp3) is 0.345. The predicted octanol–water partition coefficient (Wildman–Crippen LogP) is 4.69. The fourth-order valence-corrected chi connectivity index (χ4v) is 5.29. The molecule has 0 spiro atoms. The number of nitrogens with zero attached hydrogens (tertiary/aromatic N) is 2. The monoisotopic (exact) mass is 483 g/mol.